The van der Waals surface area contributed by atoms with Crippen LogP contribution in [-0.2, 0) is 4.79 Å². The van der Waals surface area contributed by atoms with Gasteiger partial charge in [0.2, 0.25) is 5.91 Å². The summed E-state index contributed by atoms with van der Waals surface area (Å²) in [5.74, 6) is 0.976. The van der Waals surface area contributed by atoms with Crippen LogP contribution >= 0.6 is 39.3 Å². The molecule has 2 aromatic carbocycles. The third-order valence-corrected chi connectivity index (χ3v) is 7.50. The Bertz CT molecular complexity index is 1100. The first-order valence-electron chi connectivity index (χ1n) is 9.35. The summed E-state index contributed by atoms with van der Waals surface area (Å²) in [5.41, 5.74) is 3.43. The van der Waals surface area contributed by atoms with Gasteiger partial charge in [0, 0.05) is 33.1 Å². The van der Waals surface area contributed by atoms with E-state index in [0.29, 0.717) is 28.9 Å². The fourth-order valence-corrected chi connectivity index (χ4v) is 5.60. The number of benzene rings is 2. The van der Waals surface area contributed by atoms with E-state index >= 15 is 0 Å². The molecule has 5 nitrogen and oxygen atoms in total. The Kier molecular flexibility index (Phi) is 6.01. The van der Waals surface area contributed by atoms with Crippen molar-refractivity contribution in [2.75, 3.05) is 24.6 Å². The van der Waals surface area contributed by atoms with Crippen molar-refractivity contribution < 1.29 is 9.53 Å². The summed E-state index contributed by atoms with van der Waals surface area (Å²) >= 11 is 11.3. The van der Waals surface area contributed by atoms with Gasteiger partial charge < -0.3 is 9.64 Å². The van der Waals surface area contributed by atoms with Gasteiger partial charge in [-0.1, -0.05) is 45.4 Å². The summed E-state index contributed by atoms with van der Waals surface area (Å²) in [4.78, 5) is 17.0. The van der Waals surface area contributed by atoms with Gasteiger partial charge in [0.25, 0.3) is 0 Å². The third-order valence-electron chi connectivity index (χ3n) is 5.44. The van der Waals surface area contributed by atoms with Crippen LogP contribution in [0.25, 0.3) is 0 Å². The number of methoxy groups -OCH3 is 1. The molecule has 0 aromatic heterocycles. The van der Waals surface area contributed by atoms with E-state index in [4.69, 9.17) is 16.3 Å². The molecule has 2 aromatic rings. The predicted octanol–water partition coefficient (Wildman–Crippen LogP) is 5.64. The van der Waals surface area contributed by atoms with Gasteiger partial charge in [0.05, 0.1) is 36.3 Å². The first-order chi connectivity index (χ1) is 14.4. The van der Waals surface area contributed by atoms with Gasteiger partial charge in [0.15, 0.2) is 0 Å². The first kappa shape index (κ1) is 21.1. The van der Waals surface area contributed by atoms with Crippen molar-refractivity contribution >= 4 is 50.9 Å². The van der Waals surface area contributed by atoms with Crippen molar-refractivity contribution in [1.82, 2.24) is 4.90 Å². The zero-order valence-corrected chi connectivity index (χ0v) is 19.6. The SMILES string of the molecule is COc1ccc(Br)cc1[C@@H]1CC(=O)N2CN(c3cccc(Cl)c3C)CSC2=C1C#N. The highest BCUT2D eigenvalue weighted by Crippen LogP contribution is 2.46. The van der Waals surface area contributed by atoms with Gasteiger partial charge in [-0.05, 0) is 42.8 Å². The van der Waals surface area contributed by atoms with Crippen molar-refractivity contribution in [3.63, 3.8) is 0 Å². The van der Waals surface area contributed by atoms with Crippen LogP contribution < -0.4 is 9.64 Å². The molecule has 0 N–H and O–H groups in total. The van der Waals surface area contributed by atoms with Crippen LogP contribution in [0.15, 0.2) is 51.5 Å². The molecule has 8 heteroatoms. The lowest BCUT2D eigenvalue weighted by atomic mass is 9.86. The number of anilines is 1. The van der Waals surface area contributed by atoms with Crippen molar-refractivity contribution in [3.8, 4) is 11.8 Å². The Balaban J connectivity index is 1.72. The molecule has 1 fully saturated rings. The normalized spacial score (nSPS) is 18.9. The molecular weight excluding hydrogens is 486 g/mol. The van der Waals surface area contributed by atoms with E-state index in [0.717, 1.165) is 26.3 Å². The second kappa shape index (κ2) is 8.54. The Hall–Kier alpha value is -2.14. The van der Waals surface area contributed by atoms with Gasteiger partial charge in [-0.25, -0.2) is 0 Å². The Labute approximate surface area is 193 Å². The molecule has 0 spiro atoms. The largest absolute Gasteiger partial charge is 0.496 e. The van der Waals surface area contributed by atoms with Crippen LogP contribution in [0.1, 0.15) is 23.5 Å². The number of amides is 1. The number of hydrogen-bond donors (Lipinski definition) is 0. The molecule has 1 atom stereocenters. The maximum absolute atomic E-state index is 13.2. The lowest BCUT2D eigenvalue weighted by molar-refractivity contribution is -0.129. The summed E-state index contributed by atoms with van der Waals surface area (Å²) in [6.07, 6.45) is 0.224. The molecule has 1 saturated heterocycles. The minimum absolute atomic E-state index is 0.00657. The van der Waals surface area contributed by atoms with Crippen molar-refractivity contribution in [2.24, 2.45) is 0 Å². The predicted molar refractivity (Wildman–Crippen MR) is 124 cm³/mol. The van der Waals surface area contributed by atoms with Gasteiger partial charge in [-0.15, -0.1) is 0 Å². The molecule has 0 bridgehead atoms. The van der Waals surface area contributed by atoms with Crippen molar-refractivity contribution in [3.05, 3.63) is 67.6 Å². The molecule has 4 rings (SSSR count). The number of allylic oxidation sites excluding steroid dienone is 1. The fraction of sp³-hybridized carbons (Fsp3) is 0.273. The number of thioether (sulfide) groups is 1. The minimum Gasteiger partial charge on any atom is -0.496 e. The maximum Gasteiger partial charge on any atom is 0.229 e. The molecule has 2 aliphatic heterocycles. The van der Waals surface area contributed by atoms with Crippen LogP contribution in [0.3, 0.4) is 0 Å². The molecule has 2 aliphatic rings. The van der Waals surface area contributed by atoms with Crippen LogP contribution in [-0.4, -0.2) is 30.5 Å². The van der Waals surface area contributed by atoms with Gasteiger partial charge in [-0.2, -0.15) is 5.26 Å². The highest BCUT2D eigenvalue weighted by Gasteiger charge is 2.39. The topological polar surface area (TPSA) is 56.6 Å². The van der Waals surface area contributed by atoms with Gasteiger partial charge in [0.1, 0.15) is 5.75 Å². The Morgan fingerprint density at radius 2 is 2.13 bits per heavy atom. The highest BCUT2D eigenvalue weighted by molar-refractivity contribution is 9.10. The molecule has 30 heavy (non-hydrogen) atoms. The number of fused-ring (bicyclic) bond motifs is 1. The monoisotopic (exact) mass is 503 g/mol. The fourth-order valence-electron chi connectivity index (χ4n) is 3.90. The van der Waals surface area contributed by atoms with Crippen LogP contribution in [0.4, 0.5) is 5.69 Å². The smallest absolute Gasteiger partial charge is 0.229 e. The molecular formula is C22H19BrClN3O2S. The van der Waals surface area contributed by atoms with E-state index in [2.05, 4.69) is 26.9 Å². The van der Waals surface area contributed by atoms with E-state index in [-0.39, 0.29) is 18.2 Å². The van der Waals surface area contributed by atoms with E-state index in [1.54, 1.807) is 12.0 Å². The quantitative estimate of drug-likeness (QED) is 0.541. The summed E-state index contributed by atoms with van der Waals surface area (Å²) < 4.78 is 6.40. The number of nitriles is 1. The van der Waals surface area contributed by atoms with Crippen LogP contribution in [0, 0.1) is 18.3 Å². The third kappa shape index (κ3) is 3.68. The first-order valence-corrected chi connectivity index (χ1v) is 11.5. The summed E-state index contributed by atoms with van der Waals surface area (Å²) in [6.45, 7) is 2.37. The number of rotatable bonds is 3. The van der Waals surface area contributed by atoms with Gasteiger partial charge >= 0.3 is 0 Å². The average molecular weight is 505 g/mol. The molecule has 0 saturated carbocycles. The summed E-state index contributed by atoms with van der Waals surface area (Å²) in [7, 11) is 1.60. The van der Waals surface area contributed by atoms with Crippen LogP contribution in [0.5, 0.6) is 5.75 Å². The minimum atomic E-state index is -0.326. The lowest BCUT2D eigenvalue weighted by Crippen LogP contribution is -2.47. The van der Waals surface area contributed by atoms with Crippen molar-refractivity contribution in [2.45, 2.75) is 19.3 Å². The Morgan fingerprint density at radius 3 is 2.87 bits per heavy atom. The van der Waals surface area contributed by atoms with E-state index < -0.39 is 0 Å². The van der Waals surface area contributed by atoms with Crippen LogP contribution in [0.2, 0.25) is 5.02 Å². The molecule has 2 heterocycles. The molecule has 0 aliphatic carbocycles. The molecule has 1 amide bonds. The summed E-state index contributed by atoms with van der Waals surface area (Å²) in [5, 5.41) is 11.4. The number of carbonyl (C=O) groups is 1. The molecule has 0 radical (unpaired) electrons. The number of ether oxygens (including phenoxy) is 1. The highest BCUT2D eigenvalue weighted by atomic mass is 79.9. The standard InChI is InChI=1S/C22H19BrClN3O2S/c1-13-18(24)4-3-5-19(13)26-11-27-21(28)9-15(17(10-25)22(27)30-12-26)16-8-14(23)6-7-20(16)29-2/h3-8,15H,9,11-12H2,1-2H3/t15-/m0/s1. The molecule has 0 unspecified atom stereocenters. The second-order valence-electron chi connectivity index (χ2n) is 7.13. The van der Waals surface area contributed by atoms with E-state index in [9.17, 15) is 10.1 Å². The summed E-state index contributed by atoms with van der Waals surface area (Å²) in [6, 6.07) is 13.8. The van der Waals surface area contributed by atoms with Crippen molar-refractivity contribution in [1.29, 1.82) is 5.26 Å². The number of hydrogen-bond acceptors (Lipinski definition) is 5. The number of nitrogens with zero attached hydrogens (tertiary/aromatic N) is 3. The van der Waals surface area contributed by atoms with Gasteiger partial charge in [-0.3, -0.25) is 9.69 Å². The van der Waals surface area contributed by atoms with E-state index in [1.807, 2.05) is 43.3 Å². The number of carbonyl (C=O) groups excluding carboxylic acids is 1. The zero-order chi connectivity index (χ0) is 21.4. The molecule has 154 valence electrons. The maximum atomic E-state index is 13.2. The lowest BCUT2D eigenvalue weighted by Gasteiger charge is -2.42. The van der Waals surface area contributed by atoms with E-state index in [1.165, 1.54) is 11.8 Å². The second-order valence-corrected chi connectivity index (χ2v) is 9.39. The zero-order valence-electron chi connectivity index (χ0n) is 16.5. The average Bonchev–Trinajstić information content (AvgIpc) is 2.75. The number of halogens is 2. The Morgan fingerprint density at radius 1 is 1.33 bits per heavy atom.